The number of halogens is 1. The zero-order valence-electron chi connectivity index (χ0n) is 11.4. The molecule has 1 amide bonds. The number of nitrogens with two attached hydrogens (primary N) is 1. The molecule has 6 heteroatoms. The number of nitrogens with zero attached hydrogens (tertiary/aromatic N) is 1. The number of nitrogens with one attached hydrogen (secondary N) is 1. The maximum absolute atomic E-state index is 12.1. The lowest BCUT2D eigenvalue weighted by Crippen LogP contribution is -2.41. The molecule has 0 unspecified atom stereocenters. The molecule has 0 aliphatic heterocycles. The van der Waals surface area contributed by atoms with Gasteiger partial charge < -0.3 is 11.1 Å². The number of rotatable bonds is 4. The lowest BCUT2D eigenvalue weighted by Gasteiger charge is -2.23. The van der Waals surface area contributed by atoms with E-state index in [1.54, 1.807) is 12.3 Å². The summed E-state index contributed by atoms with van der Waals surface area (Å²) < 4.78 is 0. The van der Waals surface area contributed by atoms with Crippen molar-refractivity contribution >= 4 is 35.3 Å². The zero-order chi connectivity index (χ0) is 13.9. The first kappa shape index (κ1) is 16.5. The van der Waals surface area contributed by atoms with E-state index in [4.69, 9.17) is 5.73 Å². The molecule has 1 aromatic carbocycles. The number of amides is 1. The maximum atomic E-state index is 12.1. The van der Waals surface area contributed by atoms with Crippen molar-refractivity contribution in [3.63, 3.8) is 0 Å². The molecule has 20 heavy (non-hydrogen) atoms. The topological polar surface area (TPSA) is 68.0 Å². The van der Waals surface area contributed by atoms with Gasteiger partial charge in [-0.25, -0.2) is 4.98 Å². The van der Waals surface area contributed by atoms with Crippen molar-refractivity contribution < 1.29 is 4.79 Å². The second kappa shape index (κ2) is 6.72. The molecule has 0 aliphatic carbocycles. The van der Waals surface area contributed by atoms with Gasteiger partial charge in [0.25, 0.3) is 0 Å². The predicted octanol–water partition coefficient (Wildman–Crippen LogP) is 2.74. The first-order valence-electron chi connectivity index (χ1n) is 6.03. The third kappa shape index (κ3) is 4.21. The molecule has 108 valence electrons. The molecule has 0 saturated heterocycles. The van der Waals surface area contributed by atoms with Crippen LogP contribution in [0.4, 0.5) is 5.69 Å². The number of aromatic nitrogens is 1. The molecule has 0 spiro atoms. The molecular formula is C14H18ClN3OS. The Balaban J connectivity index is 0.00000200. The number of hydrogen-bond donors (Lipinski definition) is 2. The van der Waals surface area contributed by atoms with E-state index in [1.807, 2.05) is 37.4 Å². The fourth-order valence-electron chi connectivity index (χ4n) is 1.87. The Morgan fingerprint density at radius 3 is 2.80 bits per heavy atom. The maximum Gasteiger partial charge on any atom is 0.225 e. The Labute approximate surface area is 128 Å². The van der Waals surface area contributed by atoms with Gasteiger partial charge in [0, 0.05) is 17.3 Å². The smallest absolute Gasteiger partial charge is 0.225 e. The third-order valence-electron chi connectivity index (χ3n) is 2.73. The number of carbonyl (C=O) groups is 1. The molecule has 0 aliphatic rings. The minimum atomic E-state index is -0.453. The number of anilines is 1. The molecule has 2 aromatic rings. The van der Waals surface area contributed by atoms with Crippen LogP contribution in [0.25, 0.3) is 0 Å². The summed E-state index contributed by atoms with van der Waals surface area (Å²) in [6, 6.07) is 7.37. The summed E-state index contributed by atoms with van der Waals surface area (Å²) in [5.41, 5.74) is 6.83. The van der Waals surface area contributed by atoms with Gasteiger partial charge in [-0.3, -0.25) is 4.79 Å². The fraction of sp³-hybridized carbons (Fsp3) is 0.286. The van der Waals surface area contributed by atoms with Gasteiger partial charge in [0.2, 0.25) is 5.91 Å². The van der Waals surface area contributed by atoms with Crippen LogP contribution in [0.15, 0.2) is 35.8 Å². The molecule has 0 atom stereocenters. The Morgan fingerprint density at radius 2 is 2.20 bits per heavy atom. The molecule has 0 bridgehead atoms. The summed E-state index contributed by atoms with van der Waals surface area (Å²) in [4.78, 5) is 16.3. The number of thiazole rings is 1. The number of carbonyl (C=O) groups excluding carboxylic acids is 1. The lowest BCUT2D eigenvalue weighted by atomic mass is 10.1. The number of nitrogen functional groups attached to an aromatic ring is 1. The van der Waals surface area contributed by atoms with Gasteiger partial charge in [0.15, 0.2) is 0 Å². The van der Waals surface area contributed by atoms with E-state index in [0.29, 0.717) is 12.1 Å². The van der Waals surface area contributed by atoms with Crippen molar-refractivity contribution in [1.82, 2.24) is 10.3 Å². The Morgan fingerprint density at radius 1 is 1.45 bits per heavy atom. The molecule has 0 saturated carbocycles. The van der Waals surface area contributed by atoms with E-state index in [0.717, 1.165) is 10.6 Å². The van der Waals surface area contributed by atoms with Crippen LogP contribution in [0.5, 0.6) is 0 Å². The molecule has 4 nitrogen and oxygen atoms in total. The van der Waals surface area contributed by atoms with E-state index < -0.39 is 5.54 Å². The van der Waals surface area contributed by atoms with Gasteiger partial charge >= 0.3 is 0 Å². The Kier molecular flexibility index (Phi) is 5.53. The van der Waals surface area contributed by atoms with Gasteiger partial charge in [-0.2, -0.15) is 0 Å². The second-order valence-electron chi connectivity index (χ2n) is 4.93. The summed E-state index contributed by atoms with van der Waals surface area (Å²) in [6.07, 6.45) is 2.06. The minimum absolute atomic E-state index is 0. The van der Waals surface area contributed by atoms with Crippen LogP contribution >= 0.6 is 23.7 Å². The number of benzene rings is 1. The molecule has 1 heterocycles. The van der Waals surface area contributed by atoms with Gasteiger partial charge in [-0.05, 0) is 31.5 Å². The number of hydrogen-bond acceptors (Lipinski definition) is 4. The van der Waals surface area contributed by atoms with Crippen LogP contribution in [-0.4, -0.2) is 10.9 Å². The normalized spacial score (nSPS) is 10.7. The monoisotopic (exact) mass is 311 g/mol. The van der Waals surface area contributed by atoms with E-state index >= 15 is 0 Å². The summed E-state index contributed by atoms with van der Waals surface area (Å²) >= 11 is 1.53. The van der Waals surface area contributed by atoms with Gasteiger partial charge in [0.05, 0.1) is 12.0 Å². The Bertz CT molecular complexity index is 570. The fourth-order valence-corrected chi connectivity index (χ4v) is 2.58. The first-order valence-corrected chi connectivity index (χ1v) is 6.91. The van der Waals surface area contributed by atoms with Gasteiger partial charge in [-0.1, -0.05) is 12.1 Å². The first-order chi connectivity index (χ1) is 8.97. The highest BCUT2D eigenvalue weighted by molar-refractivity contribution is 7.09. The van der Waals surface area contributed by atoms with Gasteiger partial charge in [-0.15, -0.1) is 23.7 Å². The highest BCUT2D eigenvalue weighted by Gasteiger charge is 2.25. The van der Waals surface area contributed by atoms with Crippen molar-refractivity contribution in [2.75, 3.05) is 5.73 Å². The van der Waals surface area contributed by atoms with Crippen LogP contribution in [0.1, 0.15) is 24.4 Å². The summed E-state index contributed by atoms with van der Waals surface area (Å²) in [5.74, 6) is -0.0363. The standard InChI is InChI=1S/C14H17N3OS.ClH/c1-14(2,13-16-6-7-19-13)17-12(18)9-10-4-3-5-11(15)8-10;/h3-8H,9,15H2,1-2H3,(H,17,18);1H. The largest absolute Gasteiger partial charge is 0.399 e. The van der Waals surface area contributed by atoms with E-state index in [9.17, 15) is 4.79 Å². The summed E-state index contributed by atoms with van der Waals surface area (Å²) in [6.45, 7) is 3.90. The van der Waals surface area contributed by atoms with E-state index in [-0.39, 0.29) is 18.3 Å². The highest BCUT2D eigenvalue weighted by atomic mass is 35.5. The Hall–Kier alpha value is -1.59. The molecule has 2 rings (SSSR count). The average Bonchev–Trinajstić information content (AvgIpc) is 2.81. The van der Waals surface area contributed by atoms with E-state index in [1.165, 1.54) is 11.3 Å². The van der Waals surface area contributed by atoms with Crippen molar-refractivity contribution in [3.05, 3.63) is 46.4 Å². The van der Waals surface area contributed by atoms with Gasteiger partial charge in [0.1, 0.15) is 5.01 Å². The van der Waals surface area contributed by atoms with Crippen LogP contribution in [-0.2, 0) is 16.8 Å². The molecule has 3 N–H and O–H groups in total. The van der Waals surface area contributed by atoms with E-state index in [2.05, 4.69) is 10.3 Å². The molecular weight excluding hydrogens is 294 g/mol. The summed E-state index contributed by atoms with van der Waals surface area (Å²) in [5, 5.41) is 5.80. The van der Waals surface area contributed by atoms with Crippen molar-refractivity contribution in [3.8, 4) is 0 Å². The van der Waals surface area contributed by atoms with Crippen LogP contribution < -0.4 is 11.1 Å². The quantitative estimate of drug-likeness (QED) is 0.853. The van der Waals surface area contributed by atoms with Crippen molar-refractivity contribution in [2.45, 2.75) is 25.8 Å². The van der Waals surface area contributed by atoms with Crippen molar-refractivity contribution in [2.24, 2.45) is 0 Å². The SMILES string of the molecule is CC(C)(NC(=O)Cc1cccc(N)c1)c1nccs1.Cl. The van der Waals surface area contributed by atoms with Crippen molar-refractivity contribution in [1.29, 1.82) is 0 Å². The highest BCUT2D eigenvalue weighted by Crippen LogP contribution is 2.22. The minimum Gasteiger partial charge on any atom is -0.399 e. The second-order valence-corrected chi connectivity index (χ2v) is 5.83. The lowest BCUT2D eigenvalue weighted by molar-refractivity contribution is -0.122. The molecule has 1 aromatic heterocycles. The zero-order valence-corrected chi connectivity index (χ0v) is 13.1. The van der Waals surface area contributed by atoms with Crippen LogP contribution in [0, 0.1) is 0 Å². The van der Waals surface area contributed by atoms with Crippen LogP contribution in [0.3, 0.4) is 0 Å². The summed E-state index contributed by atoms with van der Waals surface area (Å²) in [7, 11) is 0. The van der Waals surface area contributed by atoms with Crippen LogP contribution in [0.2, 0.25) is 0 Å². The molecule has 0 fully saturated rings. The third-order valence-corrected chi connectivity index (χ3v) is 3.83. The molecule has 0 radical (unpaired) electrons. The predicted molar refractivity (Wildman–Crippen MR) is 85.1 cm³/mol. The average molecular weight is 312 g/mol.